The van der Waals surface area contributed by atoms with Crippen molar-refractivity contribution in [1.29, 1.82) is 0 Å². The normalized spacial score (nSPS) is 8.40. The summed E-state index contributed by atoms with van der Waals surface area (Å²) in [5, 5.41) is 6.89. The maximum absolute atomic E-state index is 8.36. The van der Waals surface area contributed by atoms with Crippen LogP contribution in [0.25, 0.3) is 0 Å². The molecule has 0 aliphatic rings. The molecule has 0 atom stereocenters. The van der Waals surface area contributed by atoms with E-state index in [0.29, 0.717) is 7.92 Å². The molecule has 0 heterocycles. The van der Waals surface area contributed by atoms with Gasteiger partial charge in [-0.25, -0.2) is 0 Å². The zero-order valence-corrected chi connectivity index (χ0v) is 7.90. The van der Waals surface area contributed by atoms with Gasteiger partial charge in [0.2, 0.25) is 0 Å². The number of rotatable bonds is 3. The Bertz CT molecular complexity index is 57.1. The van der Waals surface area contributed by atoms with Gasteiger partial charge < -0.3 is 5.11 Å². The number of hydrogen-bond acceptors (Lipinski definition) is 1. The third-order valence-corrected chi connectivity index (χ3v) is 4.02. The van der Waals surface area contributed by atoms with Gasteiger partial charge in [-0.3, -0.25) is 4.79 Å². The average Bonchev–Trinajstić information content (AvgIpc) is 1.93. The first kappa shape index (κ1) is 12.6. The average molecular weight is 164 g/mol. The third-order valence-electron chi connectivity index (χ3n) is 1.34. The van der Waals surface area contributed by atoms with Crippen LogP contribution in [0.3, 0.4) is 0 Å². The summed E-state index contributed by atoms with van der Waals surface area (Å²) in [6.45, 7) is 6.62. The SMILES string of the molecule is CCP(CC)CC.O=CO. The van der Waals surface area contributed by atoms with Crippen molar-refractivity contribution >= 4 is 14.4 Å². The standard InChI is InChI=1S/C6H15P.CH2O2/c1-4-7(5-2)6-3;2-1-3/h4-6H2,1-3H3;1H,(H,2,3). The second kappa shape index (κ2) is 11.7. The Morgan fingerprint density at radius 3 is 1.40 bits per heavy atom. The zero-order chi connectivity index (χ0) is 8.41. The first-order valence-electron chi connectivity index (χ1n) is 3.56. The molecule has 0 amide bonds. The fourth-order valence-corrected chi connectivity index (χ4v) is 2.01. The molecule has 0 aromatic rings. The summed E-state index contributed by atoms with van der Waals surface area (Å²) in [6, 6.07) is 0. The van der Waals surface area contributed by atoms with Crippen LogP contribution in [0.1, 0.15) is 20.8 Å². The Morgan fingerprint density at radius 2 is 1.40 bits per heavy atom. The van der Waals surface area contributed by atoms with E-state index in [2.05, 4.69) is 20.8 Å². The molecule has 0 fully saturated rings. The van der Waals surface area contributed by atoms with E-state index in [0.717, 1.165) is 0 Å². The van der Waals surface area contributed by atoms with E-state index in [1.54, 1.807) is 0 Å². The van der Waals surface area contributed by atoms with Crippen LogP contribution in [0.2, 0.25) is 0 Å². The largest absolute Gasteiger partial charge is 0.483 e. The van der Waals surface area contributed by atoms with Crippen molar-refractivity contribution in [3.63, 3.8) is 0 Å². The van der Waals surface area contributed by atoms with Crippen molar-refractivity contribution in [2.24, 2.45) is 0 Å². The minimum absolute atomic E-state index is 0.250. The summed E-state index contributed by atoms with van der Waals surface area (Å²) in [5.74, 6) is 0. The maximum Gasteiger partial charge on any atom is 0.290 e. The monoisotopic (exact) mass is 164 g/mol. The molecular formula is C7H17O2P. The summed E-state index contributed by atoms with van der Waals surface area (Å²) in [6.07, 6.45) is 4.26. The van der Waals surface area contributed by atoms with Gasteiger partial charge in [0.1, 0.15) is 0 Å². The molecule has 10 heavy (non-hydrogen) atoms. The molecule has 0 aromatic carbocycles. The molecule has 0 aromatic heterocycles. The topological polar surface area (TPSA) is 37.3 Å². The highest BCUT2D eigenvalue weighted by Gasteiger charge is 1.94. The van der Waals surface area contributed by atoms with Crippen LogP contribution in [0.5, 0.6) is 0 Å². The van der Waals surface area contributed by atoms with Crippen molar-refractivity contribution < 1.29 is 9.90 Å². The molecule has 3 heteroatoms. The molecule has 0 aliphatic carbocycles. The lowest BCUT2D eigenvalue weighted by molar-refractivity contribution is -0.122. The predicted molar refractivity (Wildman–Crippen MR) is 47.2 cm³/mol. The Kier molecular flexibility index (Phi) is 14.7. The number of carbonyl (C=O) groups is 1. The van der Waals surface area contributed by atoms with Crippen LogP contribution in [-0.4, -0.2) is 30.1 Å². The predicted octanol–water partition coefficient (Wildman–Crippen LogP) is 2.23. The van der Waals surface area contributed by atoms with E-state index in [1.165, 1.54) is 18.5 Å². The Balaban J connectivity index is 0. The summed E-state index contributed by atoms with van der Waals surface area (Å²) in [5.41, 5.74) is 0. The lowest BCUT2D eigenvalue weighted by Crippen LogP contribution is -1.83. The fraction of sp³-hybridized carbons (Fsp3) is 0.857. The van der Waals surface area contributed by atoms with Crippen molar-refractivity contribution in [3.8, 4) is 0 Å². The Hall–Kier alpha value is -0.100. The Labute approximate surface area is 64.4 Å². The van der Waals surface area contributed by atoms with E-state index in [-0.39, 0.29) is 6.47 Å². The first-order chi connectivity index (χ1) is 4.76. The minimum atomic E-state index is -0.250. The molecule has 0 spiro atoms. The van der Waals surface area contributed by atoms with E-state index in [9.17, 15) is 0 Å². The molecule has 0 bridgehead atoms. The molecule has 0 radical (unpaired) electrons. The molecule has 0 saturated carbocycles. The molecule has 2 nitrogen and oxygen atoms in total. The van der Waals surface area contributed by atoms with Gasteiger partial charge in [-0.05, 0) is 18.5 Å². The van der Waals surface area contributed by atoms with E-state index >= 15 is 0 Å². The highest BCUT2D eigenvalue weighted by atomic mass is 31.1. The van der Waals surface area contributed by atoms with Gasteiger partial charge in [0.25, 0.3) is 6.47 Å². The summed E-state index contributed by atoms with van der Waals surface area (Å²) >= 11 is 0. The smallest absolute Gasteiger partial charge is 0.290 e. The summed E-state index contributed by atoms with van der Waals surface area (Å²) in [4.78, 5) is 8.36. The molecule has 0 rings (SSSR count). The Morgan fingerprint density at radius 1 is 1.20 bits per heavy atom. The third kappa shape index (κ3) is 10.8. The first-order valence-corrected chi connectivity index (χ1v) is 5.46. The lowest BCUT2D eigenvalue weighted by atomic mass is 10.9. The van der Waals surface area contributed by atoms with E-state index in [1.807, 2.05) is 0 Å². The van der Waals surface area contributed by atoms with E-state index < -0.39 is 0 Å². The van der Waals surface area contributed by atoms with Gasteiger partial charge in [0, 0.05) is 0 Å². The fourth-order valence-electron chi connectivity index (χ4n) is 0.671. The van der Waals surface area contributed by atoms with Crippen LogP contribution >= 0.6 is 7.92 Å². The van der Waals surface area contributed by atoms with Crippen molar-refractivity contribution in [2.45, 2.75) is 20.8 Å². The zero-order valence-electron chi connectivity index (χ0n) is 7.00. The molecule has 62 valence electrons. The maximum atomic E-state index is 8.36. The second-order valence-electron chi connectivity index (χ2n) is 1.72. The lowest BCUT2D eigenvalue weighted by Gasteiger charge is -2.07. The van der Waals surface area contributed by atoms with Crippen LogP contribution in [0, 0.1) is 0 Å². The van der Waals surface area contributed by atoms with E-state index in [4.69, 9.17) is 9.90 Å². The summed E-state index contributed by atoms with van der Waals surface area (Å²) in [7, 11) is 0.446. The van der Waals surface area contributed by atoms with Crippen LogP contribution in [-0.2, 0) is 4.79 Å². The van der Waals surface area contributed by atoms with Crippen molar-refractivity contribution in [3.05, 3.63) is 0 Å². The highest BCUT2D eigenvalue weighted by molar-refractivity contribution is 7.57. The van der Waals surface area contributed by atoms with Crippen LogP contribution in [0.15, 0.2) is 0 Å². The number of carboxylic acid groups (broad SMARTS) is 1. The molecule has 0 unspecified atom stereocenters. The van der Waals surface area contributed by atoms with Crippen molar-refractivity contribution in [2.75, 3.05) is 18.5 Å². The number of hydrogen-bond donors (Lipinski definition) is 1. The van der Waals surface area contributed by atoms with Gasteiger partial charge in [-0.15, -0.1) is 7.92 Å². The van der Waals surface area contributed by atoms with Gasteiger partial charge in [-0.1, -0.05) is 20.8 Å². The van der Waals surface area contributed by atoms with Gasteiger partial charge in [-0.2, -0.15) is 0 Å². The quantitative estimate of drug-likeness (QED) is 0.513. The molecular weight excluding hydrogens is 147 g/mol. The van der Waals surface area contributed by atoms with Crippen LogP contribution < -0.4 is 0 Å². The highest BCUT2D eigenvalue weighted by Crippen LogP contribution is 2.32. The second-order valence-corrected chi connectivity index (χ2v) is 4.96. The van der Waals surface area contributed by atoms with Gasteiger partial charge in [0.05, 0.1) is 0 Å². The van der Waals surface area contributed by atoms with Gasteiger partial charge in [0.15, 0.2) is 0 Å². The summed E-state index contributed by atoms with van der Waals surface area (Å²) < 4.78 is 0. The minimum Gasteiger partial charge on any atom is -0.483 e. The van der Waals surface area contributed by atoms with Gasteiger partial charge >= 0.3 is 0 Å². The van der Waals surface area contributed by atoms with Crippen LogP contribution in [0.4, 0.5) is 0 Å². The molecule has 0 aliphatic heterocycles. The van der Waals surface area contributed by atoms with Crippen molar-refractivity contribution in [1.82, 2.24) is 0 Å². The molecule has 1 N–H and O–H groups in total. The molecule has 0 saturated heterocycles.